The van der Waals surface area contributed by atoms with E-state index in [1.807, 2.05) is 0 Å². The van der Waals surface area contributed by atoms with Gasteiger partial charge in [0.05, 0.1) is 0 Å². The fraction of sp³-hybridized carbons (Fsp3) is 1.00. The Balaban J connectivity index is 1.68. The maximum atomic E-state index is 3.86. The van der Waals surface area contributed by atoms with Crippen molar-refractivity contribution in [1.82, 2.24) is 10.2 Å². The van der Waals surface area contributed by atoms with Crippen molar-refractivity contribution in [3.63, 3.8) is 0 Å². The summed E-state index contributed by atoms with van der Waals surface area (Å²) in [7, 11) is 0. The van der Waals surface area contributed by atoms with Gasteiger partial charge in [-0.25, -0.2) is 0 Å². The number of nitrogens with zero attached hydrogens (tertiary/aromatic N) is 1. The lowest BCUT2D eigenvalue weighted by Gasteiger charge is -2.23. The zero-order valence-corrected chi connectivity index (χ0v) is 12.7. The van der Waals surface area contributed by atoms with Crippen LogP contribution >= 0.6 is 0 Å². The van der Waals surface area contributed by atoms with Gasteiger partial charge in [-0.05, 0) is 63.1 Å². The molecule has 1 aliphatic carbocycles. The van der Waals surface area contributed by atoms with Gasteiger partial charge in [0.1, 0.15) is 0 Å². The first kappa shape index (κ1) is 14.3. The van der Waals surface area contributed by atoms with Gasteiger partial charge in [-0.15, -0.1) is 0 Å². The van der Waals surface area contributed by atoms with E-state index in [9.17, 15) is 0 Å². The van der Waals surface area contributed by atoms with Crippen LogP contribution in [0, 0.1) is 11.3 Å². The van der Waals surface area contributed by atoms with Crippen molar-refractivity contribution in [3.8, 4) is 0 Å². The van der Waals surface area contributed by atoms with Crippen LogP contribution in [0.5, 0.6) is 0 Å². The summed E-state index contributed by atoms with van der Waals surface area (Å²) in [5.41, 5.74) is 0.586. The minimum atomic E-state index is 0.586. The van der Waals surface area contributed by atoms with E-state index < -0.39 is 0 Å². The Kier molecular flexibility index (Phi) is 5.08. The molecule has 2 nitrogen and oxygen atoms in total. The molecule has 2 fully saturated rings. The second-order valence-corrected chi connectivity index (χ2v) is 7.25. The van der Waals surface area contributed by atoms with Gasteiger partial charge in [0.15, 0.2) is 0 Å². The monoisotopic (exact) mass is 252 g/mol. The van der Waals surface area contributed by atoms with Crippen LogP contribution < -0.4 is 5.32 Å². The van der Waals surface area contributed by atoms with E-state index in [-0.39, 0.29) is 0 Å². The lowest BCUT2D eigenvalue weighted by Crippen LogP contribution is -2.34. The number of nitrogens with one attached hydrogen (secondary N) is 1. The summed E-state index contributed by atoms with van der Waals surface area (Å²) in [4.78, 5) is 2.59. The molecule has 1 heterocycles. The van der Waals surface area contributed by atoms with E-state index in [4.69, 9.17) is 0 Å². The lowest BCUT2D eigenvalue weighted by atomic mass is 9.85. The van der Waals surface area contributed by atoms with Gasteiger partial charge in [0, 0.05) is 12.6 Å². The van der Waals surface area contributed by atoms with Crippen molar-refractivity contribution in [1.29, 1.82) is 0 Å². The molecule has 1 saturated heterocycles. The van der Waals surface area contributed by atoms with Crippen LogP contribution in [0.3, 0.4) is 0 Å². The highest BCUT2D eigenvalue weighted by Gasteiger charge is 2.26. The quantitative estimate of drug-likeness (QED) is 0.773. The normalized spacial score (nSPS) is 33.5. The molecule has 1 aliphatic heterocycles. The highest BCUT2D eigenvalue weighted by atomic mass is 15.1. The average molecular weight is 252 g/mol. The van der Waals surface area contributed by atoms with Crippen LogP contribution in [0.2, 0.25) is 0 Å². The highest BCUT2D eigenvalue weighted by Crippen LogP contribution is 2.33. The highest BCUT2D eigenvalue weighted by molar-refractivity contribution is 4.82. The molecule has 2 atom stereocenters. The van der Waals surface area contributed by atoms with E-state index in [0.29, 0.717) is 5.41 Å². The van der Waals surface area contributed by atoms with Gasteiger partial charge in [-0.1, -0.05) is 27.2 Å². The summed E-state index contributed by atoms with van der Waals surface area (Å²) in [5.74, 6) is 0.904. The Morgan fingerprint density at radius 3 is 2.72 bits per heavy atom. The van der Waals surface area contributed by atoms with Crippen LogP contribution in [0.25, 0.3) is 0 Å². The van der Waals surface area contributed by atoms with E-state index in [2.05, 4.69) is 31.0 Å². The van der Waals surface area contributed by atoms with Gasteiger partial charge in [0.2, 0.25) is 0 Å². The van der Waals surface area contributed by atoms with Gasteiger partial charge in [0.25, 0.3) is 0 Å². The topological polar surface area (TPSA) is 15.3 Å². The van der Waals surface area contributed by atoms with Gasteiger partial charge >= 0.3 is 0 Å². The smallest absolute Gasteiger partial charge is 0.00673 e. The molecule has 0 aromatic heterocycles. The summed E-state index contributed by atoms with van der Waals surface area (Å²) in [6.45, 7) is 12.3. The first-order chi connectivity index (χ1) is 8.59. The fourth-order valence-electron chi connectivity index (χ4n) is 3.57. The number of likely N-dealkylation sites (tertiary alicyclic amines) is 1. The lowest BCUT2D eigenvalue weighted by molar-refractivity contribution is 0.306. The second-order valence-electron chi connectivity index (χ2n) is 7.25. The molecule has 0 spiro atoms. The van der Waals surface area contributed by atoms with Gasteiger partial charge < -0.3 is 10.2 Å². The molecule has 1 N–H and O–H groups in total. The van der Waals surface area contributed by atoms with Crippen LogP contribution in [-0.2, 0) is 0 Å². The Labute approximate surface area is 114 Å². The molecule has 2 heteroatoms. The average Bonchev–Trinajstić information content (AvgIpc) is 2.72. The Morgan fingerprint density at radius 2 is 2.00 bits per heavy atom. The molecule has 106 valence electrons. The van der Waals surface area contributed by atoms with Crippen LogP contribution in [0.1, 0.15) is 59.3 Å². The van der Waals surface area contributed by atoms with E-state index >= 15 is 0 Å². The van der Waals surface area contributed by atoms with E-state index in [0.717, 1.165) is 12.0 Å². The summed E-state index contributed by atoms with van der Waals surface area (Å²) in [5, 5.41) is 3.86. The minimum Gasteiger partial charge on any atom is -0.314 e. The molecule has 2 rings (SSSR count). The maximum absolute atomic E-state index is 3.86. The van der Waals surface area contributed by atoms with Crippen LogP contribution in [0.4, 0.5) is 0 Å². The first-order valence-corrected chi connectivity index (χ1v) is 8.05. The van der Waals surface area contributed by atoms with Crippen LogP contribution in [0.15, 0.2) is 0 Å². The van der Waals surface area contributed by atoms with Crippen molar-refractivity contribution < 1.29 is 0 Å². The summed E-state index contributed by atoms with van der Waals surface area (Å²) < 4.78 is 0. The number of hydrogen-bond acceptors (Lipinski definition) is 2. The number of rotatable bonds is 4. The molecule has 0 amide bonds. The fourth-order valence-corrected chi connectivity index (χ4v) is 3.57. The number of hydrogen-bond donors (Lipinski definition) is 1. The third kappa shape index (κ3) is 4.24. The third-order valence-electron chi connectivity index (χ3n) is 5.09. The molecule has 0 aromatic rings. The summed E-state index contributed by atoms with van der Waals surface area (Å²) in [6.07, 6.45) is 8.41. The van der Waals surface area contributed by atoms with E-state index in [1.54, 1.807) is 0 Å². The van der Waals surface area contributed by atoms with Crippen LogP contribution in [-0.4, -0.2) is 37.1 Å². The summed E-state index contributed by atoms with van der Waals surface area (Å²) >= 11 is 0. The molecule has 0 aromatic carbocycles. The van der Waals surface area contributed by atoms with Crippen molar-refractivity contribution in [2.24, 2.45) is 11.3 Å². The SMILES string of the molecule is CCN1CCC(CNC2CCCC(C)(C)CC2)C1. The summed E-state index contributed by atoms with van der Waals surface area (Å²) in [6, 6.07) is 0.794. The van der Waals surface area contributed by atoms with Gasteiger partial charge in [-0.3, -0.25) is 0 Å². The molecule has 18 heavy (non-hydrogen) atoms. The van der Waals surface area contributed by atoms with E-state index in [1.165, 1.54) is 64.7 Å². The molecule has 0 radical (unpaired) electrons. The molecule has 2 unspecified atom stereocenters. The largest absolute Gasteiger partial charge is 0.314 e. The first-order valence-electron chi connectivity index (χ1n) is 8.05. The minimum absolute atomic E-state index is 0.586. The van der Waals surface area contributed by atoms with Crippen molar-refractivity contribution in [2.75, 3.05) is 26.2 Å². The predicted octanol–water partition coefficient (Wildman–Crippen LogP) is 3.28. The Morgan fingerprint density at radius 1 is 1.17 bits per heavy atom. The molecule has 2 aliphatic rings. The van der Waals surface area contributed by atoms with Gasteiger partial charge in [-0.2, -0.15) is 0 Å². The predicted molar refractivity (Wildman–Crippen MR) is 78.9 cm³/mol. The molecular weight excluding hydrogens is 220 g/mol. The standard InChI is InChI=1S/C16H32N2/c1-4-18-11-8-14(13-18)12-17-15-6-5-9-16(2,3)10-7-15/h14-15,17H,4-13H2,1-3H3. The zero-order chi connectivity index (χ0) is 13.0. The Bertz CT molecular complexity index is 249. The molecule has 0 bridgehead atoms. The Hall–Kier alpha value is -0.0800. The maximum Gasteiger partial charge on any atom is 0.00673 e. The third-order valence-corrected chi connectivity index (χ3v) is 5.09. The van der Waals surface area contributed by atoms with Crippen molar-refractivity contribution in [3.05, 3.63) is 0 Å². The van der Waals surface area contributed by atoms with Crippen molar-refractivity contribution >= 4 is 0 Å². The molecular formula is C16H32N2. The van der Waals surface area contributed by atoms with Crippen molar-refractivity contribution in [2.45, 2.75) is 65.3 Å². The second kappa shape index (κ2) is 6.38. The zero-order valence-electron chi connectivity index (χ0n) is 12.7. The molecule has 1 saturated carbocycles.